The Morgan fingerprint density at radius 2 is 2.33 bits per heavy atom. The fourth-order valence-corrected chi connectivity index (χ4v) is 0.951. The van der Waals surface area contributed by atoms with Gasteiger partial charge in [-0.15, -0.1) is 12.4 Å². The minimum Gasteiger partial charge on any atom is -0.480 e. The van der Waals surface area contributed by atoms with Gasteiger partial charge in [-0.1, -0.05) is 0 Å². The molecule has 0 aromatic heterocycles. The number of carboxylic acids is 1. The summed E-state index contributed by atoms with van der Waals surface area (Å²) < 4.78 is 0. The Balaban J connectivity index is 0.00000121. The van der Waals surface area contributed by atoms with Crippen LogP contribution in [0.3, 0.4) is 0 Å². The molecule has 12 heavy (non-hydrogen) atoms. The number of nitrogens with one attached hydrogen (secondary N) is 1. The van der Waals surface area contributed by atoms with Gasteiger partial charge in [0.15, 0.2) is 0 Å². The first kappa shape index (κ1) is 11.2. The predicted octanol–water partition coefficient (Wildman–Crippen LogP) is -1.08. The second-order valence-electron chi connectivity index (χ2n) is 2.55. The van der Waals surface area contributed by atoms with Crippen molar-refractivity contribution in [1.82, 2.24) is 10.2 Å². The Kier molecular flexibility index (Phi) is 3.99. The molecule has 5 nitrogen and oxygen atoms in total. The van der Waals surface area contributed by atoms with Crippen LogP contribution in [0.5, 0.6) is 0 Å². The van der Waals surface area contributed by atoms with E-state index in [1.807, 2.05) is 0 Å². The smallest absolute Gasteiger partial charge is 0.322 e. The van der Waals surface area contributed by atoms with Gasteiger partial charge in [0.25, 0.3) is 0 Å². The Morgan fingerprint density at radius 1 is 1.75 bits per heavy atom. The van der Waals surface area contributed by atoms with Crippen LogP contribution in [0, 0.1) is 0 Å². The van der Waals surface area contributed by atoms with E-state index in [2.05, 4.69) is 5.32 Å². The van der Waals surface area contributed by atoms with Gasteiger partial charge >= 0.3 is 5.97 Å². The van der Waals surface area contributed by atoms with Crippen molar-refractivity contribution in [3.05, 3.63) is 0 Å². The van der Waals surface area contributed by atoms with Crippen molar-refractivity contribution in [2.75, 3.05) is 20.1 Å². The van der Waals surface area contributed by atoms with Gasteiger partial charge in [0, 0.05) is 13.6 Å². The van der Waals surface area contributed by atoms with Crippen LogP contribution in [0.2, 0.25) is 0 Å². The van der Waals surface area contributed by atoms with Gasteiger partial charge in [-0.2, -0.15) is 0 Å². The van der Waals surface area contributed by atoms with E-state index in [0.717, 1.165) is 0 Å². The van der Waals surface area contributed by atoms with E-state index in [1.165, 1.54) is 4.90 Å². The van der Waals surface area contributed by atoms with Gasteiger partial charge < -0.3 is 10.0 Å². The molecule has 1 atom stereocenters. The fraction of sp³-hybridized carbons (Fsp3) is 0.667. The lowest BCUT2D eigenvalue weighted by Gasteiger charge is -2.27. The second kappa shape index (κ2) is 4.27. The Morgan fingerprint density at radius 3 is 2.75 bits per heavy atom. The van der Waals surface area contributed by atoms with Crippen LogP contribution in [0.15, 0.2) is 0 Å². The lowest BCUT2D eigenvalue weighted by atomic mass is 10.2. The van der Waals surface area contributed by atoms with Crippen molar-refractivity contribution in [2.24, 2.45) is 0 Å². The predicted molar refractivity (Wildman–Crippen MR) is 44.3 cm³/mol. The number of halogens is 1. The molecular formula is C6H11ClN2O3. The maximum atomic E-state index is 10.8. The number of carboxylic acid groups (broad SMARTS) is 1. The van der Waals surface area contributed by atoms with Crippen LogP contribution in [0.25, 0.3) is 0 Å². The number of hydrogen-bond donors (Lipinski definition) is 2. The van der Waals surface area contributed by atoms with Gasteiger partial charge in [-0.3, -0.25) is 14.9 Å². The van der Waals surface area contributed by atoms with E-state index in [-0.39, 0.29) is 31.4 Å². The second-order valence-corrected chi connectivity index (χ2v) is 2.55. The standard InChI is InChI=1S/C6H10N2O3.ClH/c1-8-3-4(6(10)11)7-2-5(8)9;/h4,7H,2-3H2,1H3,(H,10,11);1H/t4-;/m0./s1. The van der Waals surface area contributed by atoms with Gasteiger partial charge in [0.2, 0.25) is 5.91 Å². The molecule has 0 saturated carbocycles. The molecule has 1 aliphatic rings. The molecule has 0 aromatic carbocycles. The minimum atomic E-state index is -0.913. The molecule has 1 saturated heterocycles. The van der Waals surface area contributed by atoms with Crippen molar-refractivity contribution in [2.45, 2.75) is 6.04 Å². The van der Waals surface area contributed by atoms with Crippen LogP contribution in [0.4, 0.5) is 0 Å². The lowest BCUT2D eigenvalue weighted by Crippen LogP contribution is -2.55. The molecular weight excluding hydrogens is 184 g/mol. The van der Waals surface area contributed by atoms with Crippen molar-refractivity contribution in [3.63, 3.8) is 0 Å². The van der Waals surface area contributed by atoms with E-state index >= 15 is 0 Å². The Labute approximate surface area is 76.1 Å². The van der Waals surface area contributed by atoms with Gasteiger partial charge in [0.05, 0.1) is 6.54 Å². The fourth-order valence-electron chi connectivity index (χ4n) is 0.951. The summed E-state index contributed by atoms with van der Waals surface area (Å²) in [7, 11) is 1.60. The molecule has 0 spiro atoms. The molecule has 1 rings (SSSR count). The van der Waals surface area contributed by atoms with Crippen LogP contribution < -0.4 is 5.32 Å². The van der Waals surface area contributed by atoms with Crippen molar-refractivity contribution in [1.29, 1.82) is 0 Å². The Hall–Kier alpha value is -0.810. The Bertz CT molecular complexity index is 197. The SMILES string of the molecule is CN1C[C@@H](C(=O)O)NCC1=O.Cl. The van der Waals surface area contributed by atoms with Crippen molar-refractivity contribution < 1.29 is 14.7 Å². The van der Waals surface area contributed by atoms with E-state index in [1.54, 1.807) is 7.05 Å². The number of rotatable bonds is 1. The highest BCUT2D eigenvalue weighted by atomic mass is 35.5. The summed E-state index contributed by atoms with van der Waals surface area (Å²) in [5, 5.41) is 11.1. The van der Waals surface area contributed by atoms with E-state index < -0.39 is 12.0 Å². The van der Waals surface area contributed by atoms with Gasteiger partial charge in [-0.25, -0.2) is 0 Å². The highest BCUT2D eigenvalue weighted by Gasteiger charge is 2.26. The summed E-state index contributed by atoms with van der Waals surface area (Å²) in [6, 6.07) is -0.613. The number of carbonyl (C=O) groups excluding carboxylic acids is 1. The third-order valence-corrected chi connectivity index (χ3v) is 1.68. The quantitative estimate of drug-likeness (QED) is 0.558. The molecule has 1 fully saturated rings. The summed E-state index contributed by atoms with van der Waals surface area (Å²) in [6.45, 7) is 0.363. The number of piperazine rings is 1. The molecule has 1 aliphatic heterocycles. The van der Waals surface area contributed by atoms with E-state index in [0.29, 0.717) is 0 Å². The first-order chi connectivity index (χ1) is 5.11. The number of likely N-dealkylation sites (N-methyl/N-ethyl adjacent to an activating group) is 1. The molecule has 0 aliphatic carbocycles. The zero-order valence-corrected chi connectivity index (χ0v) is 7.43. The molecule has 0 unspecified atom stereocenters. The zero-order chi connectivity index (χ0) is 8.43. The van der Waals surface area contributed by atoms with E-state index in [9.17, 15) is 9.59 Å². The normalized spacial score (nSPS) is 23.2. The molecule has 1 amide bonds. The topological polar surface area (TPSA) is 69.6 Å². The van der Waals surface area contributed by atoms with Gasteiger partial charge in [-0.05, 0) is 0 Å². The summed E-state index contributed by atoms with van der Waals surface area (Å²) in [4.78, 5) is 22.7. The van der Waals surface area contributed by atoms with E-state index in [4.69, 9.17) is 5.11 Å². The zero-order valence-electron chi connectivity index (χ0n) is 6.61. The van der Waals surface area contributed by atoms with Crippen molar-refractivity contribution >= 4 is 24.3 Å². The van der Waals surface area contributed by atoms with Crippen LogP contribution >= 0.6 is 12.4 Å². The molecule has 2 N–H and O–H groups in total. The lowest BCUT2D eigenvalue weighted by molar-refractivity contribution is -0.143. The van der Waals surface area contributed by atoms with Crippen molar-refractivity contribution in [3.8, 4) is 0 Å². The number of nitrogens with zero attached hydrogens (tertiary/aromatic N) is 1. The average molecular weight is 195 g/mol. The van der Waals surface area contributed by atoms with Gasteiger partial charge in [0.1, 0.15) is 6.04 Å². The third kappa shape index (κ3) is 2.35. The van der Waals surface area contributed by atoms with Crippen LogP contribution in [0.1, 0.15) is 0 Å². The first-order valence-electron chi connectivity index (χ1n) is 3.31. The molecule has 1 heterocycles. The van der Waals surface area contributed by atoms with Crippen LogP contribution in [-0.2, 0) is 9.59 Å². The molecule has 0 bridgehead atoms. The highest BCUT2D eigenvalue weighted by Crippen LogP contribution is 1.96. The van der Waals surface area contributed by atoms with Crippen LogP contribution in [-0.4, -0.2) is 48.1 Å². The third-order valence-electron chi connectivity index (χ3n) is 1.68. The summed E-state index contributed by atoms with van der Waals surface area (Å²) in [5.74, 6) is -0.980. The summed E-state index contributed by atoms with van der Waals surface area (Å²) >= 11 is 0. The number of amides is 1. The summed E-state index contributed by atoms with van der Waals surface area (Å²) in [6.07, 6.45) is 0. The first-order valence-corrected chi connectivity index (χ1v) is 3.31. The largest absolute Gasteiger partial charge is 0.480 e. The maximum absolute atomic E-state index is 10.8. The minimum absolute atomic E-state index is 0. The monoisotopic (exact) mass is 194 g/mol. The average Bonchev–Trinajstić information content (AvgIpc) is 1.94. The number of carbonyl (C=O) groups is 2. The highest BCUT2D eigenvalue weighted by molar-refractivity contribution is 5.85. The molecule has 6 heteroatoms. The maximum Gasteiger partial charge on any atom is 0.322 e. The molecule has 0 aromatic rings. The summed E-state index contributed by atoms with van der Waals surface area (Å²) in [5.41, 5.74) is 0. The number of aliphatic carboxylic acids is 1. The molecule has 0 radical (unpaired) electrons. The number of hydrogen-bond acceptors (Lipinski definition) is 3. The molecule has 70 valence electrons.